The summed E-state index contributed by atoms with van der Waals surface area (Å²) in [5, 5.41) is 3.25. The SMILES string of the molecule is CC(=O)N[C@H]1CC[C@@]2(C)[C@@H](CC[C@@H]3[C@@H]2CC[C@]2(C)[C@@H]([C@@H](C)CCCC(C)C)CC[C@@H]32)C1. The maximum absolute atomic E-state index is 11.6. The Morgan fingerprint density at radius 3 is 2.32 bits per heavy atom. The molecule has 31 heavy (non-hydrogen) atoms. The molecule has 0 aromatic carbocycles. The summed E-state index contributed by atoms with van der Waals surface area (Å²) in [6, 6.07) is 0.434. The highest BCUT2D eigenvalue weighted by molar-refractivity contribution is 5.73. The predicted molar refractivity (Wildman–Crippen MR) is 131 cm³/mol. The van der Waals surface area contributed by atoms with E-state index < -0.39 is 0 Å². The van der Waals surface area contributed by atoms with E-state index in [9.17, 15) is 4.79 Å². The third-order valence-corrected chi connectivity index (χ3v) is 11.3. The summed E-state index contributed by atoms with van der Waals surface area (Å²) in [6.07, 6.45) is 16.9. The van der Waals surface area contributed by atoms with E-state index in [0.29, 0.717) is 16.9 Å². The molecule has 178 valence electrons. The van der Waals surface area contributed by atoms with Gasteiger partial charge in [0.05, 0.1) is 0 Å². The van der Waals surface area contributed by atoms with Crippen molar-refractivity contribution in [1.82, 2.24) is 5.32 Å². The van der Waals surface area contributed by atoms with Crippen LogP contribution >= 0.6 is 0 Å². The number of carbonyl (C=O) groups is 1. The van der Waals surface area contributed by atoms with Crippen molar-refractivity contribution in [3.63, 3.8) is 0 Å². The molecule has 2 nitrogen and oxygen atoms in total. The molecule has 4 aliphatic carbocycles. The molecule has 4 aliphatic rings. The van der Waals surface area contributed by atoms with Gasteiger partial charge < -0.3 is 5.32 Å². The first-order valence-electron chi connectivity index (χ1n) is 13.9. The fraction of sp³-hybridized carbons (Fsp3) is 0.966. The molecule has 4 fully saturated rings. The minimum Gasteiger partial charge on any atom is -0.354 e. The van der Waals surface area contributed by atoms with Crippen molar-refractivity contribution in [2.45, 2.75) is 125 Å². The van der Waals surface area contributed by atoms with Crippen LogP contribution in [0.1, 0.15) is 119 Å². The summed E-state index contributed by atoms with van der Waals surface area (Å²) in [5.41, 5.74) is 1.13. The normalized spacial score (nSPS) is 45.5. The van der Waals surface area contributed by atoms with E-state index >= 15 is 0 Å². The molecule has 0 radical (unpaired) electrons. The zero-order valence-electron chi connectivity index (χ0n) is 21.5. The van der Waals surface area contributed by atoms with E-state index in [1.807, 2.05) is 0 Å². The van der Waals surface area contributed by atoms with Gasteiger partial charge in [-0.2, -0.15) is 0 Å². The van der Waals surface area contributed by atoms with Gasteiger partial charge >= 0.3 is 0 Å². The summed E-state index contributed by atoms with van der Waals surface area (Å²) < 4.78 is 0. The topological polar surface area (TPSA) is 29.1 Å². The van der Waals surface area contributed by atoms with Crippen LogP contribution in [0.15, 0.2) is 0 Å². The summed E-state index contributed by atoms with van der Waals surface area (Å²) in [5.74, 6) is 6.62. The van der Waals surface area contributed by atoms with Crippen LogP contribution in [-0.4, -0.2) is 11.9 Å². The Morgan fingerprint density at radius 1 is 0.903 bits per heavy atom. The van der Waals surface area contributed by atoms with E-state index in [-0.39, 0.29) is 5.91 Å². The lowest BCUT2D eigenvalue weighted by Crippen LogP contribution is -2.55. The van der Waals surface area contributed by atoms with Crippen molar-refractivity contribution in [3.05, 3.63) is 0 Å². The fourth-order valence-corrected chi connectivity index (χ4v) is 9.70. The van der Waals surface area contributed by atoms with Gasteiger partial charge in [-0.3, -0.25) is 4.79 Å². The van der Waals surface area contributed by atoms with Crippen LogP contribution in [0.5, 0.6) is 0 Å². The Bertz CT molecular complexity index is 643. The number of nitrogens with one attached hydrogen (secondary N) is 1. The Morgan fingerprint density at radius 2 is 1.61 bits per heavy atom. The van der Waals surface area contributed by atoms with E-state index in [0.717, 1.165) is 41.4 Å². The van der Waals surface area contributed by atoms with Gasteiger partial charge in [-0.25, -0.2) is 0 Å². The molecule has 1 amide bonds. The zero-order valence-corrected chi connectivity index (χ0v) is 21.5. The van der Waals surface area contributed by atoms with Crippen molar-refractivity contribution < 1.29 is 4.79 Å². The van der Waals surface area contributed by atoms with Gasteiger partial charge in [0.15, 0.2) is 0 Å². The van der Waals surface area contributed by atoms with Crippen molar-refractivity contribution >= 4 is 5.91 Å². The monoisotopic (exact) mass is 429 g/mol. The molecule has 0 aliphatic heterocycles. The van der Waals surface area contributed by atoms with Crippen molar-refractivity contribution in [2.75, 3.05) is 0 Å². The van der Waals surface area contributed by atoms with Crippen LogP contribution < -0.4 is 5.32 Å². The zero-order chi connectivity index (χ0) is 22.4. The molecular formula is C29H51NO. The van der Waals surface area contributed by atoms with Crippen LogP contribution in [0.3, 0.4) is 0 Å². The summed E-state index contributed by atoms with van der Waals surface area (Å²) in [4.78, 5) is 11.6. The number of fused-ring (bicyclic) bond motifs is 5. The smallest absolute Gasteiger partial charge is 0.217 e. The molecule has 0 aromatic heterocycles. The molecule has 0 bridgehead atoms. The van der Waals surface area contributed by atoms with E-state index in [2.05, 4.69) is 39.9 Å². The number of hydrogen-bond acceptors (Lipinski definition) is 1. The molecule has 2 heteroatoms. The van der Waals surface area contributed by atoms with Gasteiger partial charge in [0, 0.05) is 13.0 Å². The summed E-state index contributed by atoms with van der Waals surface area (Å²) in [7, 11) is 0. The van der Waals surface area contributed by atoms with Gasteiger partial charge in [0.1, 0.15) is 0 Å². The van der Waals surface area contributed by atoms with E-state index in [1.54, 1.807) is 6.92 Å². The van der Waals surface area contributed by atoms with Crippen LogP contribution in [-0.2, 0) is 4.79 Å². The number of carbonyl (C=O) groups excluding carboxylic acids is 1. The number of rotatable bonds is 6. The first-order valence-corrected chi connectivity index (χ1v) is 13.9. The number of amides is 1. The first kappa shape index (κ1) is 23.6. The molecule has 4 saturated carbocycles. The molecule has 0 heterocycles. The Balaban J connectivity index is 1.43. The van der Waals surface area contributed by atoms with Gasteiger partial charge in [-0.05, 0) is 110 Å². The summed E-state index contributed by atoms with van der Waals surface area (Å²) >= 11 is 0. The summed E-state index contributed by atoms with van der Waals surface area (Å²) in [6.45, 7) is 14.4. The quantitative estimate of drug-likeness (QED) is 0.462. The largest absolute Gasteiger partial charge is 0.354 e. The van der Waals surface area contributed by atoms with Gasteiger partial charge in [0.2, 0.25) is 5.91 Å². The van der Waals surface area contributed by atoms with E-state index in [1.165, 1.54) is 77.0 Å². The molecule has 0 aromatic rings. The lowest BCUT2D eigenvalue weighted by atomic mass is 9.44. The molecule has 1 N–H and O–H groups in total. The van der Waals surface area contributed by atoms with E-state index in [4.69, 9.17) is 0 Å². The van der Waals surface area contributed by atoms with Crippen LogP contribution in [0.2, 0.25) is 0 Å². The van der Waals surface area contributed by atoms with Crippen molar-refractivity contribution in [2.24, 2.45) is 52.3 Å². The lowest BCUT2D eigenvalue weighted by molar-refractivity contribution is -0.126. The first-order chi connectivity index (χ1) is 14.6. The molecular weight excluding hydrogens is 378 g/mol. The Kier molecular flexibility index (Phi) is 6.87. The molecule has 0 saturated heterocycles. The van der Waals surface area contributed by atoms with Crippen LogP contribution in [0.4, 0.5) is 0 Å². The molecule has 9 atom stereocenters. The second-order valence-electron chi connectivity index (χ2n) is 13.4. The Labute approximate surface area is 193 Å². The van der Waals surface area contributed by atoms with Crippen molar-refractivity contribution in [1.29, 1.82) is 0 Å². The fourth-order valence-electron chi connectivity index (χ4n) is 9.70. The predicted octanol–water partition coefficient (Wildman–Crippen LogP) is 7.61. The second kappa shape index (κ2) is 9.02. The second-order valence-corrected chi connectivity index (χ2v) is 13.4. The van der Waals surface area contributed by atoms with Gasteiger partial charge in [-0.1, -0.05) is 53.9 Å². The maximum Gasteiger partial charge on any atom is 0.217 e. The minimum absolute atomic E-state index is 0.162. The Hall–Kier alpha value is -0.530. The third kappa shape index (κ3) is 4.35. The standard InChI is InChI=1S/C29H51NO/c1-19(2)8-7-9-20(3)25-12-13-26-24-11-10-22-18-23(30-21(4)31)14-16-28(22,5)27(24)15-17-29(25,26)6/h19-20,22-27H,7-18H2,1-6H3,(H,30,31)/t20-,22-,23-,24-,25+,26-,27-,28-,29+/m0/s1. The van der Waals surface area contributed by atoms with Crippen LogP contribution in [0, 0.1) is 52.3 Å². The highest BCUT2D eigenvalue weighted by atomic mass is 16.1. The lowest BCUT2D eigenvalue weighted by Gasteiger charge is -2.61. The average molecular weight is 430 g/mol. The van der Waals surface area contributed by atoms with Gasteiger partial charge in [0.25, 0.3) is 0 Å². The highest BCUT2D eigenvalue weighted by Gasteiger charge is 2.60. The maximum atomic E-state index is 11.6. The average Bonchev–Trinajstić information content (AvgIpc) is 3.05. The minimum atomic E-state index is 0.162. The third-order valence-electron chi connectivity index (χ3n) is 11.3. The number of hydrogen-bond donors (Lipinski definition) is 1. The molecule has 0 spiro atoms. The van der Waals surface area contributed by atoms with Crippen molar-refractivity contribution in [3.8, 4) is 0 Å². The highest BCUT2D eigenvalue weighted by Crippen LogP contribution is 2.68. The van der Waals surface area contributed by atoms with Crippen LogP contribution in [0.25, 0.3) is 0 Å². The molecule has 4 rings (SSSR count). The van der Waals surface area contributed by atoms with Gasteiger partial charge in [-0.15, -0.1) is 0 Å². The molecule has 0 unspecified atom stereocenters.